The van der Waals surface area contributed by atoms with Gasteiger partial charge in [0.1, 0.15) is 0 Å². The number of nitrogens with zero attached hydrogens (tertiary/aromatic N) is 3. The zero-order valence-corrected chi connectivity index (χ0v) is 34.2. The summed E-state index contributed by atoms with van der Waals surface area (Å²) in [6.45, 7) is 0. The first-order chi connectivity index (χ1) is 31.3. The second-order valence-corrected chi connectivity index (χ2v) is 16.5. The van der Waals surface area contributed by atoms with Crippen molar-refractivity contribution in [1.82, 2.24) is 14.5 Å². The van der Waals surface area contributed by atoms with Crippen LogP contribution in [0, 0.1) is 0 Å². The Morgan fingerprint density at radius 2 is 0.714 bits per heavy atom. The normalized spacial score (nSPS) is 11.8. The Bertz CT molecular complexity index is 3940. The van der Waals surface area contributed by atoms with Crippen LogP contribution in [0.25, 0.3) is 126 Å². The van der Waals surface area contributed by atoms with Crippen LogP contribution >= 0.6 is 0 Å². The summed E-state index contributed by atoms with van der Waals surface area (Å²) in [6.07, 6.45) is 3.58. The molecule has 0 fully saturated rings. The van der Waals surface area contributed by atoms with E-state index in [-0.39, 0.29) is 0 Å². The smallest absolute Gasteiger partial charge is 0.0971 e. The van der Waals surface area contributed by atoms with Gasteiger partial charge in [-0.05, 0) is 119 Å². The number of hydrogen-bond acceptors (Lipinski definition) is 2. The van der Waals surface area contributed by atoms with E-state index in [1.54, 1.807) is 12.4 Å². The number of rotatable bonds is 5. The van der Waals surface area contributed by atoms with Gasteiger partial charge in [-0.1, -0.05) is 170 Å². The van der Waals surface area contributed by atoms with Crippen LogP contribution in [-0.4, -0.2) is 14.5 Å². The molecule has 0 spiro atoms. The van der Waals surface area contributed by atoms with Crippen LogP contribution in [0.1, 0.15) is 0 Å². The van der Waals surface area contributed by atoms with Crippen LogP contribution in [0.5, 0.6) is 0 Å². The van der Waals surface area contributed by atoms with E-state index in [0.29, 0.717) is 0 Å². The summed E-state index contributed by atoms with van der Waals surface area (Å²) in [5.41, 5.74) is 15.1. The summed E-state index contributed by atoms with van der Waals surface area (Å²) >= 11 is 0. The van der Waals surface area contributed by atoms with Crippen LogP contribution in [0.4, 0.5) is 0 Å². The predicted octanol–water partition coefficient (Wildman–Crippen LogP) is 16.0. The Morgan fingerprint density at radius 1 is 0.254 bits per heavy atom. The van der Waals surface area contributed by atoms with Crippen LogP contribution < -0.4 is 0 Å². The summed E-state index contributed by atoms with van der Waals surface area (Å²) in [7, 11) is 0. The van der Waals surface area contributed by atoms with Crippen molar-refractivity contribution in [3.8, 4) is 50.2 Å². The highest BCUT2D eigenvalue weighted by Gasteiger charge is 2.17. The molecule has 2 heterocycles. The van der Waals surface area contributed by atoms with Gasteiger partial charge < -0.3 is 4.57 Å². The van der Waals surface area contributed by atoms with Gasteiger partial charge in [0.25, 0.3) is 0 Å². The lowest BCUT2D eigenvalue weighted by Crippen LogP contribution is -1.93. The summed E-state index contributed by atoms with van der Waals surface area (Å²) in [5, 5.41) is 12.1. The molecule has 0 N–H and O–H groups in total. The summed E-state index contributed by atoms with van der Waals surface area (Å²) in [4.78, 5) is 9.61. The van der Waals surface area contributed by atoms with Crippen molar-refractivity contribution in [2.75, 3.05) is 0 Å². The Hall–Kier alpha value is -8.40. The van der Waals surface area contributed by atoms with Crippen molar-refractivity contribution < 1.29 is 0 Å². The topological polar surface area (TPSA) is 30.7 Å². The molecule has 13 aromatic rings. The molecule has 3 heteroatoms. The van der Waals surface area contributed by atoms with E-state index in [1.165, 1.54) is 93.2 Å². The molecule has 0 amide bonds. The van der Waals surface area contributed by atoms with E-state index in [4.69, 9.17) is 9.97 Å². The number of para-hydroxylation sites is 2. The summed E-state index contributed by atoms with van der Waals surface area (Å²) in [5.74, 6) is 0. The van der Waals surface area contributed by atoms with E-state index in [0.717, 1.165) is 32.9 Å². The van der Waals surface area contributed by atoms with Gasteiger partial charge in [-0.2, -0.15) is 0 Å². The molecule has 63 heavy (non-hydrogen) atoms. The van der Waals surface area contributed by atoms with Crippen molar-refractivity contribution in [3.05, 3.63) is 225 Å². The number of benzene rings is 11. The highest BCUT2D eigenvalue weighted by molar-refractivity contribution is 6.23. The largest absolute Gasteiger partial charge is 0.309 e. The van der Waals surface area contributed by atoms with E-state index >= 15 is 0 Å². The maximum Gasteiger partial charge on any atom is 0.0971 e. The predicted molar refractivity (Wildman–Crippen MR) is 266 cm³/mol. The standard InChI is InChI=1S/C60H37N3/c1-2-15-42(16-3-1)63-57-28-7-6-18-53(57)55-37-41(30-32-58(55)63)44-21-10-25-48-46(44)23-12-27-50(48)49-26-11-22-45-43(20-9-24-47(45)49)40-14-8-13-38(35-40)39-29-31-52-51-17-4-5-19-54(51)59-60(56(52)36-39)62-34-33-61-59/h1-37H. The second-order valence-electron chi connectivity index (χ2n) is 16.5. The van der Waals surface area contributed by atoms with E-state index in [1.807, 2.05) is 0 Å². The molecule has 0 aliphatic heterocycles. The molecule has 0 saturated carbocycles. The van der Waals surface area contributed by atoms with Gasteiger partial charge in [0.05, 0.1) is 22.1 Å². The molecule has 0 saturated heterocycles. The number of aromatic nitrogens is 3. The Morgan fingerprint density at radius 3 is 1.43 bits per heavy atom. The quantitative estimate of drug-likeness (QED) is 0.162. The lowest BCUT2D eigenvalue weighted by Gasteiger charge is -2.15. The Balaban J connectivity index is 0.918. The van der Waals surface area contributed by atoms with E-state index in [9.17, 15) is 0 Å². The third-order valence-corrected chi connectivity index (χ3v) is 13.1. The van der Waals surface area contributed by atoms with Crippen molar-refractivity contribution in [1.29, 1.82) is 0 Å². The molecule has 0 aliphatic rings. The van der Waals surface area contributed by atoms with Crippen LogP contribution in [0.15, 0.2) is 225 Å². The molecular formula is C60H37N3. The zero-order valence-electron chi connectivity index (χ0n) is 34.2. The molecule has 13 rings (SSSR count). The SMILES string of the molecule is c1ccc(-n2c3ccccc3c3cc(-c4cccc5c(-c6cccc7c(-c8cccc(-c9ccc%10c%11ccccc%11c%11nccnc%11c%10c9)c8)cccc67)cccc45)ccc32)cc1. The second kappa shape index (κ2) is 14.1. The molecule has 0 radical (unpaired) electrons. The molecule has 0 aliphatic carbocycles. The maximum absolute atomic E-state index is 4.83. The average Bonchev–Trinajstić information content (AvgIpc) is 3.69. The minimum Gasteiger partial charge on any atom is -0.309 e. The van der Waals surface area contributed by atoms with Gasteiger partial charge in [0.2, 0.25) is 0 Å². The molecule has 292 valence electrons. The molecule has 3 nitrogen and oxygen atoms in total. The van der Waals surface area contributed by atoms with Gasteiger partial charge in [-0.15, -0.1) is 0 Å². The summed E-state index contributed by atoms with van der Waals surface area (Å²) in [6, 6.07) is 77.6. The number of hydrogen-bond donors (Lipinski definition) is 0. The van der Waals surface area contributed by atoms with Crippen molar-refractivity contribution in [3.63, 3.8) is 0 Å². The lowest BCUT2D eigenvalue weighted by molar-refractivity contribution is 1.18. The summed E-state index contributed by atoms with van der Waals surface area (Å²) < 4.78 is 2.38. The van der Waals surface area contributed by atoms with Crippen LogP contribution in [0.3, 0.4) is 0 Å². The van der Waals surface area contributed by atoms with Gasteiger partial charge in [0.15, 0.2) is 0 Å². The minimum atomic E-state index is 0.930. The van der Waals surface area contributed by atoms with Gasteiger partial charge in [-0.25, -0.2) is 0 Å². The zero-order chi connectivity index (χ0) is 41.4. The fourth-order valence-corrected chi connectivity index (χ4v) is 10.3. The highest BCUT2D eigenvalue weighted by Crippen LogP contribution is 2.42. The molecule has 2 aromatic heterocycles. The fraction of sp³-hybridized carbons (Fsp3) is 0. The molecule has 11 aromatic carbocycles. The van der Waals surface area contributed by atoms with Crippen LogP contribution in [-0.2, 0) is 0 Å². The van der Waals surface area contributed by atoms with E-state index in [2.05, 4.69) is 217 Å². The minimum absolute atomic E-state index is 0.930. The lowest BCUT2D eigenvalue weighted by atomic mass is 9.88. The Labute approximate surface area is 363 Å². The molecular weight excluding hydrogens is 763 g/mol. The van der Waals surface area contributed by atoms with Crippen molar-refractivity contribution >= 4 is 75.9 Å². The Kier molecular flexibility index (Phi) is 7.91. The maximum atomic E-state index is 4.83. The molecule has 0 bridgehead atoms. The first-order valence-corrected chi connectivity index (χ1v) is 21.6. The molecule has 0 atom stereocenters. The van der Waals surface area contributed by atoms with Crippen LogP contribution in [0.2, 0.25) is 0 Å². The first-order valence-electron chi connectivity index (χ1n) is 21.6. The molecule has 0 unspecified atom stereocenters. The van der Waals surface area contributed by atoms with Gasteiger partial charge in [0, 0.05) is 39.6 Å². The van der Waals surface area contributed by atoms with Crippen molar-refractivity contribution in [2.24, 2.45) is 0 Å². The van der Waals surface area contributed by atoms with Crippen molar-refractivity contribution in [2.45, 2.75) is 0 Å². The number of fused-ring (bicyclic) bond motifs is 11. The van der Waals surface area contributed by atoms with Gasteiger partial charge >= 0.3 is 0 Å². The van der Waals surface area contributed by atoms with Gasteiger partial charge in [-0.3, -0.25) is 9.97 Å². The third-order valence-electron chi connectivity index (χ3n) is 13.1. The average molecular weight is 800 g/mol. The highest BCUT2D eigenvalue weighted by atomic mass is 15.0. The monoisotopic (exact) mass is 799 g/mol. The first kappa shape index (κ1) is 35.4. The fourth-order valence-electron chi connectivity index (χ4n) is 10.3. The van der Waals surface area contributed by atoms with E-state index < -0.39 is 0 Å². The third kappa shape index (κ3) is 5.53.